The predicted octanol–water partition coefficient (Wildman–Crippen LogP) is 4.09. The van der Waals surface area contributed by atoms with Crippen LogP contribution in [0.3, 0.4) is 0 Å². The van der Waals surface area contributed by atoms with Gasteiger partial charge in [-0.15, -0.1) is 0 Å². The van der Waals surface area contributed by atoms with E-state index in [0.717, 1.165) is 23.0 Å². The van der Waals surface area contributed by atoms with Crippen molar-refractivity contribution in [1.29, 1.82) is 0 Å². The second kappa shape index (κ2) is 8.30. The number of anilines is 1. The highest BCUT2D eigenvalue weighted by Crippen LogP contribution is 2.17. The van der Waals surface area contributed by atoms with Crippen LogP contribution in [-0.2, 0) is 4.79 Å². The minimum atomic E-state index is 0.166. The summed E-state index contributed by atoms with van der Waals surface area (Å²) in [5.41, 5.74) is 1.04. The normalized spacial score (nSPS) is 16.4. The van der Waals surface area contributed by atoms with Gasteiger partial charge in [0, 0.05) is 29.2 Å². The van der Waals surface area contributed by atoms with E-state index in [1.54, 1.807) is 0 Å². The molecule has 1 amide bonds. The molecule has 4 heteroatoms. The molecule has 2 rings (SSSR count). The Labute approximate surface area is 129 Å². The van der Waals surface area contributed by atoms with E-state index in [-0.39, 0.29) is 5.91 Å². The van der Waals surface area contributed by atoms with Crippen LogP contribution < -0.4 is 10.6 Å². The Balaban J connectivity index is 1.67. The van der Waals surface area contributed by atoms with Gasteiger partial charge in [0.25, 0.3) is 0 Å². The van der Waals surface area contributed by atoms with Crippen LogP contribution >= 0.6 is 15.9 Å². The van der Waals surface area contributed by atoms with Gasteiger partial charge < -0.3 is 10.6 Å². The molecule has 0 atom stereocenters. The molecule has 0 bridgehead atoms. The second-order valence-electron chi connectivity index (χ2n) is 5.44. The molecule has 0 unspecified atom stereocenters. The van der Waals surface area contributed by atoms with Gasteiger partial charge >= 0.3 is 0 Å². The zero-order valence-electron chi connectivity index (χ0n) is 11.8. The van der Waals surface area contributed by atoms with Gasteiger partial charge in [-0.2, -0.15) is 0 Å². The minimum Gasteiger partial charge on any atom is -0.384 e. The zero-order chi connectivity index (χ0) is 14.2. The van der Waals surface area contributed by atoms with Crippen molar-refractivity contribution in [3.63, 3.8) is 0 Å². The third kappa shape index (κ3) is 5.53. The number of hydrogen-bond acceptors (Lipinski definition) is 2. The minimum absolute atomic E-state index is 0.166. The fourth-order valence-corrected chi connectivity index (χ4v) is 3.04. The molecule has 0 saturated heterocycles. The molecule has 0 aromatic heterocycles. The molecule has 1 aliphatic carbocycles. The van der Waals surface area contributed by atoms with Crippen molar-refractivity contribution in [2.24, 2.45) is 0 Å². The molecule has 0 aliphatic heterocycles. The predicted molar refractivity (Wildman–Crippen MR) is 86.9 cm³/mol. The topological polar surface area (TPSA) is 41.1 Å². The molecular formula is C16H23BrN2O. The second-order valence-corrected chi connectivity index (χ2v) is 6.36. The highest BCUT2D eigenvalue weighted by atomic mass is 79.9. The SMILES string of the molecule is O=C(CCNc1cccc(Br)c1)NC1CCCCCC1. The average Bonchev–Trinajstić information content (AvgIpc) is 2.67. The van der Waals surface area contributed by atoms with Crippen molar-refractivity contribution >= 4 is 27.5 Å². The fourth-order valence-electron chi connectivity index (χ4n) is 2.64. The first-order chi connectivity index (χ1) is 9.74. The van der Waals surface area contributed by atoms with Gasteiger partial charge in [-0.1, -0.05) is 47.7 Å². The smallest absolute Gasteiger partial charge is 0.221 e. The van der Waals surface area contributed by atoms with E-state index in [1.165, 1.54) is 25.7 Å². The summed E-state index contributed by atoms with van der Waals surface area (Å²) < 4.78 is 1.05. The summed E-state index contributed by atoms with van der Waals surface area (Å²) >= 11 is 3.44. The summed E-state index contributed by atoms with van der Waals surface area (Å²) in [6.07, 6.45) is 7.95. The van der Waals surface area contributed by atoms with Gasteiger partial charge in [0.1, 0.15) is 0 Å². The van der Waals surface area contributed by atoms with E-state index in [2.05, 4.69) is 26.6 Å². The number of halogens is 1. The van der Waals surface area contributed by atoms with Crippen LogP contribution in [0.25, 0.3) is 0 Å². The Morgan fingerprint density at radius 2 is 1.95 bits per heavy atom. The summed E-state index contributed by atoms with van der Waals surface area (Å²) in [5.74, 6) is 0.166. The maximum Gasteiger partial charge on any atom is 0.221 e. The molecule has 1 saturated carbocycles. The van der Waals surface area contributed by atoms with E-state index in [9.17, 15) is 4.79 Å². The van der Waals surface area contributed by atoms with Crippen LogP contribution in [0.15, 0.2) is 28.7 Å². The van der Waals surface area contributed by atoms with Gasteiger partial charge in [0.2, 0.25) is 5.91 Å². The van der Waals surface area contributed by atoms with Gasteiger partial charge in [0.05, 0.1) is 0 Å². The summed E-state index contributed by atoms with van der Waals surface area (Å²) in [7, 11) is 0. The molecule has 0 radical (unpaired) electrons. The van der Waals surface area contributed by atoms with Crippen LogP contribution in [0.2, 0.25) is 0 Å². The highest BCUT2D eigenvalue weighted by molar-refractivity contribution is 9.10. The number of rotatable bonds is 5. The Kier molecular flexibility index (Phi) is 6.37. The average molecular weight is 339 g/mol. The standard InChI is InChI=1S/C16H23BrN2O/c17-13-6-5-9-15(12-13)18-11-10-16(20)19-14-7-3-1-2-4-8-14/h5-6,9,12,14,18H,1-4,7-8,10-11H2,(H,19,20). The number of hydrogen-bond donors (Lipinski definition) is 2. The number of benzene rings is 1. The van der Waals surface area contributed by atoms with Crippen molar-refractivity contribution in [3.8, 4) is 0 Å². The Morgan fingerprint density at radius 3 is 2.65 bits per heavy atom. The lowest BCUT2D eigenvalue weighted by atomic mass is 10.1. The van der Waals surface area contributed by atoms with Gasteiger partial charge in [-0.25, -0.2) is 0 Å². The maximum absolute atomic E-state index is 11.9. The fraction of sp³-hybridized carbons (Fsp3) is 0.562. The van der Waals surface area contributed by atoms with Gasteiger partial charge in [-0.05, 0) is 31.0 Å². The molecule has 1 fully saturated rings. The van der Waals surface area contributed by atoms with Crippen molar-refractivity contribution in [2.45, 2.75) is 51.0 Å². The molecule has 0 heterocycles. The third-order valence-electron chi connectivity index (χ3n) is 3.73. The molecule has 3 nitrogen and oxygen atoms in total. The summed E-state index contributed by atoms with van der Waals surface area (Å²) in [6, 6.07) is 8.40. The third-order valence-corrected chi connectivity index (χ3v) is 4.22. The van der Waals surface area contributed by atoms with Crippen LogP contribution in [-0.4, -0.2) is 18.5 Å². The quantitative estimate of drug-likeness (QED) is 0.794. The molecule has 1 aromatic carbocycles. The molecular weight excluding hydrogens is 316 g/mol. The first-order valence-corrected chi connectivity index (χ1v) is 8.32. The molecule has 20 heavy (non-hydrogen) atoms. The van der Waals surface area contributed by atoms with Crippen LogP contribution in [0.1, 0.15) is 44.9 Å². The maximum atomic E-state index is 11.9. The number of carbonyl (C=O) groups excluding carboxylic acids is 1. The molecule has 0 spiro atoms. The lowest BCUT2D eigenvalue weighted by Gasteiger charge is -2.16. The molecule has 110 valence electrons. The van der Waals surface area contributed by atoms with E-state index >= 15 is 0 Å². The summed E-state index contributed by atoms with van der Waals surface area (Å²) in [6.45, 7) is 0.676. The first-order valence-electron chi connectivity index (χ1n) is 7.53. The number of carbonyl (C=O) groups is 1. The van der Waals surface area contributed by atoms with Crippen LogP contribution in [0, 0.1) is 0 Å². The van der Waals surface area contributed by atoms with Gasteiger partial charge in [0.15, 0.2) is 0 Å². The van der Waals surface area contributed by atoms with Crippen LogP contribution in [0.4, 0.5) is 5.69 Å². The summed E-state index contributed by atoms with van der Waals surface area (Å²) in [5, 5.41) is 6.44. The van der Waals surface area contributed by atoms with E-state index < -0.39 is 0 Å². The van der Waals surface area contributed by atoms with Crippen molar-refractivity contribution in [1.82, 2.24) is 5.32 Å². The largest absolute Gasteiger partial charge is 0.384 e. The van der Waals surface area contributed by atoms with Crippen molar-refractivity contribution in [3.05, 3.63) is 28.7 Å². The Hall–Kier alpha value is -1.03. The van der Waals surface area contributed by atoms with E-state index in [0.29, 0.717) is 19.0 Å². The Bertz CT molecular complexity index is 428. The van der Waals surface area contributed by atoms with Crippen molar-refractivity contribution < 1.29 is 4.79 Å². The molecule has 1 aliphatic rings. The van der Waals surface area contributed by atoms with E-state index in [4.69, 9.17) is 0 Å². The highest BCUT2D eigenvalue weighted by Gasteiger charge is 2.14. The zero-order valence-corrected chi connectivity index (χ0v) is 13.4. The Morgan fingerprint density at radius 1 is 1.20 bits per heavy atom. The summed E-state index contributed by atoms with van der Waals surface area (Å²) in [4.78, 5) is 11.9. The number of nitrogens with one attached hydrogen (secondary N) is 2. The lowest BCUT2D eigenvalue weighted by molar-refractivity contribution is -0.121. The van der Waals surface area contributed by atoms with Crippen molar-refractivity contribution in [2.75, 3.05) is 11.9 Å². The molecule has 1 aromatic rings. The lowest BCUT2D eigenvalue weighted by Crippen LogP contribution is -2.35. The monoisotopic (exact) mass is 338 g/mol. The van der Waals surface area contributed by atoms with Gasteiger partial charge in [-0.3, -0.25) is 4.79 Å². The number of amides is 1. The molecule has 2 N–H and O–H groups in total. The van der Waals surface area contributed by atoms with Crippen LogP contribution in [0.5, 0.6) is 0 Å². The first kappa shape index (κ1) is 15.4. The van der Waals surface area contributed by atoms with E-state index in [1.807, 2.05) is 24.3 Å².